The van der Waals surface area contributed by atoms with E-state index in [2.05, 4.69) is 21.2 Å². The Labute approximate surface area is 120 Å². The molecule has 3 nitrogen and oxygen atoms in total. The summed E-state index contributed by atoms with van der Waals surface area (Å²) in [5.74, 6) is -0.274. The van der Waals surface area contributed by atoms with Crippen LogP contribution in [0.1, 0.15) is 31.2 Å². The maximum Gasteiger partial charge on any atom is 0.161 e. The fourth-order valence-electron chi connectivity index (χ4n) is 2.56. The smallest absolute Gasteiger partial charge is 0.161 e. The zero-order valence-corrected chi connectivity index (χ0v) is 12.1. The molecule has 102 valence electrons. The minimum Gasteiger partial charge on any atom is -0.396 e. The number of nitrogens with one attached hydrogen (secondary N) is 1. The van der Waals surface area contributed by atoms with Gasteiger partial charge in [-0.1, -0.05) is 12.8 Å². The van der Waals surface area contributed by atoms with Gasteiger partial charge in [-0.25, -0.2) is 4.39 Å². The van der Waals surface area contributed by atoms with Crippen molar-refractivity contribution in [3.63, 3.8) is 0 Å². The third kappa shape index (κ3) is 3.07. The highest BCUT2D eigenvalue weighted by molar-refractivity contribution is 9.10. The number of halogens is 2. The Kier molecular flexibility index (Phi) is 4.78. The van der Waals surface area contributed by atoms with Crippen LogP contribution in [0, 0.1) is 23.1 Å². The summed E-state index contributed by atoms with van der Waals surface area (Å²) in [6, 6.07) is 5.20. The fraction of sp³-hybridized carbons (Fsp3) is 0.500. The van der Waals surface area contributed by atoms with Gasteiger partial charge in [-0.15, -0.1) is 0 Å². The summed E-state index contributed by atoms with van der Waals surface area (Å²) >= 11 is 3.10. The van der Waals surface area contributed by atoms with Crippen molar-refractivity contribution >= 4 is 21.6 Å². The fourth-order valence-corrected chi connectivity index (χ4v) is 3.00. The molecule has 2 N–H and O–H groups in total. The summed E-state index contributed by atoms with van der Waals surface area (Å²) < 4.78 is 14.3. The van der Waals surface area contributed by atoms with Crippen LogP contribution in [-0.4, -0.2) is 17.8 Å². The average Bonchev–Trinajstić information content (AvgIpc) is 2.45. The van der Waals surface area contributed by atoms with Crippen molar-refractivity contribution in [3.05, 3.63) is 28.0 Å². The molecule has 0 radical (unpaired) electrons. The van der Waals surface area contributed by atoms with Crippen molar-refractivity contribution in [1.82, 2.24) is 0 Å². The van der Waals surface area contributed by atoms with Crippen LogP contribution in [-0.2, 0) is 0 Å². The van der Waals surface area contributed by atoms with E-state index in [1.165, 1.54) is 0 Å². The predicted octanol–water partition coefficient (Wildman–Crippen LogP) is 3.42. The van der Waals surface area contributed by atoms with Crippen LogP contribution < -0.4 is 5.32 Å². The Hall–Kier alpha value is -1.12. The first-order valence-corrected chi connectivity index (χ1v) is 7.22. The van der Waals surface area contributed by atoms with Crippen molar-refractivity contribution in [2.24, 2.45) is 5.92 Å². The Balaban J connectivity index is 2.19. The van der Waals surface area contributed by atoms with E-state index in [1.807, 2.05) is 6.07 Å². The number of nitrogens with zero attached hydrogens (tertiary/aromatic N) is 1. The van der Waals surface area contributed by atoms with Gasteiger partial charge in [0.15, 0.2) is 5.82 Å². The zero-order chi connectivity index (χ0) is 13.8. The molecular formula is C14H16BrFN2O. The molecular weight excluding hydrogens is 311 g/mol. The molecule has 0 amide bonds. The molecule has 1 aliphatic carbocycles. The van der Waals surface area contributed by atoms with Crippen LogP contribution in [0.4, 0.5) is 10.1 Å². The van der Waals surface area contributed by atoms with Gasteiger partial charge >= 0.3 is 0 Å². The van der Waals surface area contributed by atoms with Gasteiger partial charge < -0.3 is 10.4 Å². The molecule has 0 bridgehead atoms. The van der Waals surface area contributed by atoms with Crippen LogP contribution in [0.3, 0.4) is 0 Å². The SMILES string of the molecule is N#Cc1ccc(NC2CCCCC2CO)c(F)c1Br. The van der Waals surface area contributed by atoms with E-state index in [0.717, 1.165) is 25.7 Å². The van der Waals surface area contributed by atoms with Crippen LogP contribution in [0.5, 0.6) is 0 Å². The van der Waals surface area contributed by atoms with Crippen LogP contribution in [0.2, 0.25) is 0 Å². The first kappa shape index (κ1) is 14.3. The lowest BCUT2D eigenvalue weighted by Crippen LogP contribution is -2.34. The van der Waals surface area contributed by atoms with E-state index in [-0.39, 0.29) is 28.6 Å². The molecule has 0 heterocycles. The number of aliphatic hydroxyl groups excluding tert-OH is 1. The number of rotatable bonds is 3. The molecule has 2 atom stereocenters. The Morgan fingerprint density at radius 2 is 2.16 bits per heavy atom. The average molecular weight is 327 g/mol. The Morgan fingerprint density at radius 3 is 2.84 bits per heavy atom. The van der Waals surface area contributed by atoms with Gasteiger partial charge in [-0.05, 0) is 40.9 Å². The Bertz CT molecular complexity index is 501. The van der Waals surface area contributed by atoms with E-state index < -0.39 is 5.82 Å². The first-order chi connectivity index (χ1) is 9.17. The molecule has 1 aliphatic rings. The summed E-state index contributed by atoms with van der Waals surface area (Å²) in [7, 11) is 0. The second kappa shape index (κ2) is 6.36. The number of nitriles is 1. The Morgan fingerprint density at radius 1 is 1.42 bits per heavy atom. The van der Waals surface area contributed by atoms with Crippen LogP contribution >= 0.6 is 15.9 Å². The highest BCUT2D eigenvalue weighted by atomic mass is 79.9. The summed E-state index contributed by atoms with van der Waals surface area (Å²) in [4.78, 5) is 0. The highest BCUT2D eigenvalue weighted by Crippen LogP contribution is 2.31. The third-order valence-corrected chi connectivity index (χ3v) is 4.46. The standard InChI is InChI=1S/C14H16BrFN2O/c15-13-9(7-17)5-6-12(14(13)16)18-11-4-2-1-3-10(11)8-19/h5-6,10-11,18-19H,1-4,8H2. The summed E-state index contributed by atoms with van der Waals surface area (Å²) in [6.45, 7) is 0.122. The van der Waals surface area contributed by atoms with E-state index >= 15 is 0 Å². The van der Waals surface area contributed by atoms with Gasteiger partial charge in [0.2, 0.25) is 0 Å². The number of hydrogen-bond donors (Lipinski definition) is 2. The second-order valence-electron chi connectivity index (χ2n) is 4.88. The van der Waals surface area contributed by atoms with Gasteiger partial charge in [0.25, 0.3) is 0 Å². The van der Waals surface area contributed by atoms with Crippen molar-refractivity contribution in [3.8, 4) is 6.07 Å². The molecule has 2 rings (SSSR count). The van der Waals surface area contributed by atoms with E-state index in [4.69, 9.17) is 5.26 Å². The molecule has 1 fully saturated rings. The van der Waals surface area contributed by atoms with Crippen molar-refractivity contribution in [1.29, 1.82) is 5.26 Å². The molecule has 19 heavy (non-hydrogen) atoms. The van der Waals surface area contributed by atoms with Gasteiger partial charge in [0.1, 0.15) is 6.07 Å². The van der Waals surface area contributed by atoms with Gasteiger partial charge in [-0.2, -0.15) is 5.26 Å². The maximum absolute atomic E-state index is 14.1. The van der Waals surface area contributed by atoms with Gasteiger partial charge in [0, 0.05) is 18.6 Å². The maximum atomic E-state index is 14.1. The van der Waals surface area contributed by atoms with Crippen molar-refractivity contribution in [2.45, 2.75) is 31.7 Å². The van der Waals surface area contributed by atoms with E-state index in [9.17, 15) is 9.50 Å². The van der Waals surface area contributed by atoms with E-state index in [1.54, 1.807) is 12.1 Å². The predicted molar refractivity (Wildman–Crippen MR) is 75.3 cm³/mol. The second-order valence-corrected chi connectivity index (χ2v) is 5.67. The topological polar surface area (TPSA) is 56.0 Å². The molecule has 0 aromatic heterocycles. The quantitative estimate of drug-likeness (QED) is 0.894. The minimum absolute atomic E-state index is 0.0908. The number of aliphatic hydroxyl groups is 1. The molecule has 0 spiro atoms. The van der Waals surface area contributed by atoms with Crippen LogP contribution in [0.25, 0.3) is 0 Å². The number of benzene rings is 1. The summed E-state index contributed by atoms with van der Waals surface area (Å²) in [5, 5.41) is 21.4. The zero-order valence-electron chi connectivity index (χ0n) is 10.5. The molecule has 1 aromatic carbocycles. The lowest BCUT2D eigenvalue weighted by atomic mass is 9.85. The number of hydrogen-bond acceptors (Lipinski definition) is 3. The lowest BCUT2D eigenvalue weighted by Gasteiger charge is -2.31. The van der Waals surface area contributed by atoms with Crippen molar-refractivity contribution in [2.75, 3.05) is 11.9 Å². The molecule has 1 saturated carbocycles. The van der Waals surface area contributed by atoms with Gasteiger partial charge in [0.05, 0.1) is 15.7 Å². The van der Waals surface area contributed by atoms with Gasteiger partial charge in [-0.3, -0.25) is 0 Å². The molecule has 5 heteroatoms. The molecule has 2 unspecified atom stereocenters. The first-order valence-electron chi connectivity index (χ1n) is 6.43. The number of anilines is 1. The monoisotopic (exact) mass is 326 g/mol. The molecule has 0 saturated heterocycles. The molecule has 1 aromatic rings. The summed E-state index contributed by atoms with van der Waals surface area (Å²) in [5.41, 5.74) is 0.668. The van der Waals surface area contributed by atoms with Crippen LogP contribution in [0.15, 0.2) is 16.6 Å². The third-order valence-electron chi connectivity index (χ3n) is 3.69. The lowest BCUT2D eigenvalue weighted by molar-refractivity contribution is 0.178. The van der Waals surface area contributed by atoms with E-state index in [0.29, 0.717) is 5.69 Å². The highest BCUT2D eigenvalue weighted by Gasteiger charge is 2.25. The molecule has 0 aliphatic heterocycles. The van der Waals surface area contributed by atoms with Crippen molar-refractivity contribution < 1.29 is 9.50 Å². The largest absolute Gasteiger partial charge is 0.396 e. The summed E-state index contributed by atoms with van der Waals surface area (Å²) in [6.07, 6.45) is 4.10. The normalized spacial score (nSPS) is 22.8. The minimum atomic E-state index is -0.443.